The van der Waals surface area contributed by atoms with Crippen molar-refractivity contribution < 1.29 is 19.0 Å². The summed E-state index contributed by atoms with van der Waals surface area (Å²) in [6, 6.07) is 16.9. The summed E-state index contributed by atoms with van der Waals surface area (Å²) in [5.74, 6) is 0.602. The summed E-state index contributed by atoms with van der Waals surface area (Å²) < 4.78 is 17.1. The van der Waals surface area contributed by atoms with Gasteiger partial charge in [0.15, 0.2) is 6.29 Å². The van der Waals surface area contributed by atoms with Crippen molar-refractivity contribution in [1.29, 1.82) is 0 Å². The summed E-state index contributed by atoms with van der Waals surface area (Å²) in [7, 11) is 1.63. The quantitative estimate of drug-likeness (QED) is 0.642. The summed E-state index contributed by atoms with van der Waals surface area (Å²) in [5.41, 5.74) is 2.23. The molecule has 5 nitrogen and oxygen atoms in total. The second-order valence-electron chi connectivity index (χ2n) is 6.19. The lowest BCUT2D eigenvalue weighted by Gasteiger charge is -2.11. The lowest BCUT2D eigenvalue weighted by molar-refractivity contribution is -0.0441. The number of anilines is 1. The zero-order valence-corrected chi connectivity index (χ0v) is 16.3. The lowest BCUT2D eigenvalue weighted by atomic mass is 10.1. The third-order valence-electron chi connectivity index (χ3n) is 4.44. The molecule has 3 aromatic rings. The SMILES string of the molecule is COc1ccc2cc(C(=O)Nc3ccc(C4OCCO4)cc3)cc(Br)c2c1. The van der Waals surface area contributed by atoms with E-state index in [1.807, 2.05) is 54.6 Å². The van der Waals surface area contributed by atoms with Gasteiger partial charge in [0.1, 0.15) is 5.75 Å². The Morgan fingerprint density at radius 2 is 1.81 bits per heavy atom. The Labute approximate surface area is 165 Å². The van der Waals surface area contributed by atoms with Gasteiger partial charge in [-0.2, -0.15) is 0 Å². The summed E-state index contributed by atoms with van der Waals surface area (Å²) >= 11 is 3.55. The maximum absolute atomic E-state index is 12.7. The number of hydrogen-bond donors (Lipinski definition) is 1. The molecule has 0 radical (unpaired) electrons. The highest BCUT2D eigenvalue weighted by Gasteiger charge is 2.18. The largest absolute Gasteiger partial charge is 0.497 e. The highest BCUT2D eigenvalue weighted by molar-refractivity contribution is 9.10. The highest BCUT2D eigenvalue weighted by Crippen LogP contribution is 2.30. The Kier molecular flexibility index (Phi) is 5.11. The summed E-state index contributed by atoms with van der Waals surface area (Å²) in [5, 5.41) is 4.88. The van der Waals surface area contributed by atoms with Gasteiger partial charge in [-0.15, -0.1) is 0 Å². The minimum absolute atomic E-state index is 0.172. The number of benzene rings is 3. The molecule has 1 saturated heterocycles. The van der Waals surface area contributed by atoms with Gasteiger partial charge in [0.25, 0.3) is 5.91 Å². The van der Waals surface area contributed by atoms with Crippen LogP contribution in [0.25, 0.3) is 10.8 Å². The van der Waals surface area contributed by atoms with Crippen LogP contribution in [0.3, 0.4) is 0 Å². The topological polar surface area (TPSA) is 56.8 Å². The van der Waals surface area contributed by atoms with E-state index in [9.17, 15) is 4.79 Å². The van der Waals surface area contributed by atoms with E-state index in [1.54, 1.807) is 7.11 Å². The van der Waals surface area contributed by atoms with Gasteiger partial charge in [-0.05, 0) is 47.2 Å². The average Bonchev–Trinajstić information content (AvgIpc) is 3.23. The zero-order chi connectivity index (χ0) is 18.8. The molecule has 0 atom stereocenters. The van der Waals surface area contributed by atoms with Crippen molar-refractivity contribution in [2.45, 2.75) is 6.29 Å². The normalized spacial score (nSPS) is 14.4. The standard InChI is InChI=1S/C21H18BrNO4/c1-25-17-7-4-14-10-15(11-19(22)18(14)12-17)20(24)23-16-5-2-13(3-6-16)21-26-8-9-27-21/h2-7,10-12,21H,8-9H2,1H3,(H,23,24). The van der Waals surface area contributed by atoms with Crippen LogP contribution in [0.4, 0.5) is 5.69 Å². The summed E-state index contributed by atoms with van der Waals surface area (Å²) in [6.07, 6.45) is -0.316. The first-order chi connectivity index (χ1) is 13.1. The number of methoxy groups -OCH3 is 1. The molecule has 0 saturated carbocycles. The van der Waals surface area contributed by atoms with Crippen LogP contribution in [0.5, 0.6) is 5.75 Å². The molecule has 1 amide bonds. The number of rotatable bonds is 4. The molecule has 3 aromatic carbocycles. The highest BCUT2D eigenvalue weighted by atomic mass is 79.9. The first-order valence-electron chi connectivity index (χ1n) is 8.56. The predicted octanol–water partition coefficient (Wildman–Crippen LogP) is 4.91. The van der Waals surface area contributed by atoms with E-state index in [0.29, 0.717) is 24.5 Å². The van der Waals surface area contributed by atoms with Crippen molar-refractivity contribution in [3.05, 3.63) is 70.2 Å². The minimum Gasteiger partial charge on any atom is -0.497 e. The van der Waals surface area contributed by atoms with Crippen molar-refractivity contribution in [3.63, 3.8) is 0 Å². The van der Waals surface area contributed by atoms with Crippen LogP contribution in [0, 0.1) is 0 Å². The van der Waals surface area contributed by atoms with E-state index in [-0.39, 0.29) is 12.2 Å². The predicted molar refractivity (Wildman–Crippen MR) is 107 cm³/mol. The Balaban J connectivity index is 1.54. The Bertz CT molecular complexity index is 981. The Morgan fingerprint density at radius 3 is 2.52 bits per heavy atom. The fourth-order valence-corrected chi connectivity index (χ4v) is 3.62. The third-order valence-corrected chi connectivity index (χ3v) is 5.09. The van der Waals surface area contributed by atoms with Crippen LogP contribution in [0.1, 0.15) is 22.2 Å². The second kappa shape index (κ2) is 7.68. The van der Waals surface area contributed by atoms with E-state index in [2.05, 4.69) is 21.2 Å². The van der Waals surface area contributed by atoms with E-state index in [1.165, 1.54) is 0 Å². The molecule has 1 N–H and O–H groups in total. The van der Waals surface area contributed by atoms with Gasteiger partial charge in [0, 0.05) is 21.3 Å². The van der Waals surface area contributed by atoms with Crippen LogP contribution < -0.4 is 10.1 Å². The van der Waals surface area contributed by atoms with Crippen molar-refractivity contribution in [2.75, 3.05) is 25.6 Å². The molecule has 138 valence electrons. The van der Waals surface area contributed by atoms with Gasteiger partial charge in [-0.25, -0.2) is 0 Å². The molecular weight excluding hydrogens is 410 g/mol. The van der Waals surface area contributed by atoms with Crippen LogP contribution in [-0.2, 0) is 9.47 Å². The number of carbonyl (C=O) groups excluding carboxylic acids is 1. The van der Waals surface area contributed by atoms with Gasteiger partial charge in [0.2, 0.25) is 0 Å². The third kappa shape index (κ3) is 3.83. The number of hydrogen-bond acceptors (Lipinski definition) is 4. The Morgan fingerprint density at radius 1 is 1.07 bits per heavy atom. The molecule has 6 heteroatoms. The van der Waals surface area contributed by atoms with Crippen molar-refractivity contribution >= 4 is 38.3 Å². The molecule has 1 aliphatic heterocycles. The van der Waals surface area contributed by atoms with Crippen LogP contribution in [-0.4, -0.2) is 26.2 Å². The van der Waals surface area contributed by atoms with E-state index in [0.717, 1.165) is 26.6 Å². The molecule has 0 aromatic heterocycles. The summed E-state index contributed by atoms with van der Waals surface area (Å²) in [6.45, 7) is 1.21. The molecule has 0 bridgehead atoms. The maximum Gasteiger partial charge on any atom is 0.255 e. The first kappa shape index (κ1) is 18.0. The number of nitrogens with one attached hydrogen (secondary N) is 1. The molecule has 1 heterocycles. The maximum atomic E-state index is 12.7. The number of halogens is 1. The van der Waals surface area contributed by atoms with Gasteiger partial charge in [0.05, 0.1) is 20.3 Å². The monoisotopic (exact) mass is 427 g/mol. The van der Waals surface area contributed by atoms with Crippen LogP contribution in [0.2, 0.25) is 0 Å². The van der Waals surface area contributed by atoms with Gasteiger partial charge in [-0.3, -0.25) is 4.79 Å². The molecule has 0 aliphatic carbocycles. The average molecular weight is 428 g/mol. The van der Waals surface area contributed by atoms with E-state index in [4.69, 9.17) is 14.2 Å². The van der Waals surface area contributed by atoms with Gasteiger partial charge < -0.3 is 19.5 Å². The van der Waals surface area contributed by atoms with Crippen molar-refractivity contribution in [1.82, 2.24) is 0 Å². The fraction of sp³-hybridized carbons (Fsp3) is 0.190. The zero-order valence-electron chi connectivity index (χ0n) is 14.7. The Hall–Kier alpha value is -2.41. The second-order valence-corrected chi connectivity index (χ2v) is 7.05. The summed E-state index contributed by atoms with van der Waals surface area (Å²) in [4.78, 5) is 12.7. The van der Waals surface area contributed by atoms with E-state index < -0.39 is 0 Å². The van der Waals surface area contributed by atoms with Gasteiger partial charge >= 0.3 is 0 Å². The van der Waals surface area contributed by atoms with Crippen molar-refractivity contribution in [2.24, 2.45) is 0 Å². The number of ether oxygens (including phenoxy) is 3. The molecule has 0 spiro atoms. The molecule has 1 aliphatic rings. The molecule has 27 heavy (non-hydrogen) atoms. The molecule has 4 rings (SSSR count). The number of carbonyl (C=O) groups is 1. The minimum atomic E-state index is -0.316. The lowest BCUT2D eigenvalue weighted by Crippen LogP contribution is -2.12. The smallest absolute Gasteiger partial charge is 0.255 e. The van der Waals surface area contributed by atoms with Crippen LogP contribution >= 0.6 is 15.9 Å². The van der Waals surface area contributed by atoms with Crippen molar-refractivity contribution in [3.8, 4) is 5.75 Å². The number of amides is 1. The van der Waals surface area contributed by atoms with Gasteiger partial charge in [-0.1, -0.05) is 34.1 Å². The number of fused-ring (bicyclic) bond motifs is 1. The van der Waals surface area contributed by atoms with Crippen LogP contribution in [0.15, 0.2) is 59.1 Å². The molecule has 1 fully saturated rings. The first-order valence-corrected chi connectivity index (χ1v) is 9.35. The molecule has 0 unspecified atom stereocenters. The van der Waals surface area contributed by atoms with E-state index >= 15 is 0 Å². The molecular formula is C21H18BrNO4. The fourth-order valence-electron chi connectivity index (χ4n) is 3.03.